The molecule has 2 aromatic rings. The quantitative estimate of drug-likeness (QED) is 0.876. The SMILES string of the molecule is CCCNc1ccc(C(=O)Nc2ncccc2C)cn1. The molecule has 2 heterocycles. The van der Waals surface area contributed by atoms with Crippen LogP contribution in [0.2, 0.25) is 0 Å². The molecule has 0 fully saturated rings. The minimum Gasteiger partial charge on any atom is -0.370 e. The number of pyridine rings is 2. The van der Waals surface area contributed by atoms with Crippen LogP contribution in [-0.4, -0.2) is 22.4 Å². The Bertz CT molecular complexity index is 581. The molecular formula is C15H18N4O. The Morgan fingerprint density at radius 2 is 2.10 bits per heavy atom. The molecule has 0 atom stereocenters. The molecule has 5 heteroatoms. The molecule has 0 aliphatic carbocycles. The summed E-state index contributed by atoms with van der Waals surface area (Å²) in [5.74, 6) is 1.14. The van der Waals surface area contributed by atoms with Crippen molar-refractivity contribution in [3.05, 3.63) is 47.8 Å². The summed E-state index contributed by atoms with van der Waals surface area (Å²) in [6.45, 7) is 4.86. The van der Waals surface area contributed by atoms with E-state index in [1.807, 2.05) is 19.1 Å². The molecule has 20 heavy (non-hydrogen) atoms. The number of rotatable bonds is 5. The lowest BCUT2D eigenvalue weighted by atomic mass is 10.2. The average molecular weight is 270 g/mol. The van der Waals surface area contributed by atoms with Crippen molar-refractivity contribution in [1.82, 2.24) is 9.97 Å². The van der Waals surface area contributed by atoms with Crippen molar-refractivity contribution in [3.63, 3.8) is 0 Å². The number of aromatic nitrogens is 2. The van der Waals surface area contributed by atoms with E-state index >= 15 is 0 Å². The summed E-state index contributed by atoms with van der Waals surface area (Å²) in [6.07, 6.45) is 4.24. The van der Waals surface area contributed by atoms with Crippen molar-refractivity contribution in [3.8, 4) is 0 Å². The van der Waals surface area contributed by atoms with E-state index in [9.17, 15) is 4.79 Å². The lowest BCUT2D eigenvalue weighted by molar-refractivity contribution is 0.102. The number of hydrogen-bond acceptors (Lipinski definition) is 4. The van der Waals surface area contributed by atoms with Gasteiger partial charge in [0.2, 0.25) is 0 Å². The second-order valence-electron chi connectivity index (χ2n) is 4.48. The van der Waals surface area contributed by atoms with Gasteiger partial charge in [-0.15, -0.1) is 0 Å². The van der Waals surface area contributed by atoms with Crippen LogP contribution < -0.4 is 10.6 Å². The molecule has 104 valence electrons. The Morgan fingerprint density at radius 3 is 2.75 bits per heavy atom. The van der Waals surface area contributed by atoms with Gasteiger partial charge >= 0.3 is 0 Å². The zero-order chi connectivity index (χ0) is 14.4. The van der Waals surface area contributed by atoms with Crippen LogP contribution in [0.25, 0.3) is 0 Å². The molecule has 0 saturated carbocycles. The molecule has 0 unspecified atom stereocenters. The first-order valence-electron chi connectivity index (χ1n) is 6.63. The van der Waals surface area contributed by atoms with Crippen LogP contribution in [0.5, 0.6) is 0 Å². The Hall–Kier alpha value is -2.43. The number of hydrogen-bond donors (Lipinski definition) is 2. The zero-order valence-corrected chi connectivity index (χ0v) is 11.7. The molecule has 1 amide bonds. The molecular weight excluding hydrogens is 252 g/mol. The fraction of sp³-hybridized carbons (Fsp3) is 0.267. The summed E-state index contributed by atoms with van der Waals surface area (Å²) in [5.41, 5.74) is 1.44. The third-order valence-corrected chi connectivity index (χ3v) is 2.82. The van der Waals surface area contributed by atoms with Gasteiger partial charge in [0.1, 0.15) is 11.6 Å². The minimum atomic E-state index is -0.207. The number of carbonyl (C=O) groups excluding carboxylic acids is 1. The van der Waals surface area contributed by atoms with Gasteiger partial charge in [-0.3, -0.25) is 4.79 Å². The average Bonchev–Trinajstić information content (AvgIpc) is 2.48. The third kappa shape index (κ3) is 3.54. The highest BCUT2D eigenvalue weighted by molar-refractivity contribution is 6.03. The number of nitrogens with zero attached hydrogens (tertiary/aromatic N) is 2. The van der Waals surface area contributed by atoms with E-state index in [4.69, 9.17) is 0 Å². The van der Waals surface area contributed by atoms with Gasteiger partial charge in [0.25, 0.3) is 5.91 Å². The van der Waals surface area contributed by atoms with E-state index in [0.29, 0.717) is 11.4 Å². The zero-order valence-electron chi connectivity index (χ0n) is 11.7. The predicted octanol–water partition coefficient (Wildman–Crippen LogP) is 2.86. The maximum Gasteiger partial charge on any atom is 0.258 e. The fourth-order valence-electron chi connectivity index (χ4n) is 1.68. The van der Waals surface area contributed by atoms with E-state index in [1.165, 1.54) is 0 Å². The molecule has 0 aliphatic rings. The van der Waals surface area contributed by atoms with Crippen LogP contribution in [0.15, 0.2) is 36.7 Å². The first-order valence-corrected chi connectivity index (χ1v) is 6.63. The van der Waals surface area contributed by atoms with E-state index < -0.39 is 0 Å². The number of aryl methyl sites for hydroxylation is 1. The monoisotopic (exact) mass is 270 g/mol. The summed E-state index contributed by atoms with van der Waals surface area (Å²) in [5, 5.41) is 5.94. The molecule has 2 N–H and O–H groups in total. The molecule has 0 spiro atoms. The highest BCUT2D eigenvalue weighted by atomic mass is 16.1. The minimum absolute atomic E-state index is 0.207. The molecule has 0 saturated heterocycles. The summed E-state index contributed by atoms with van der Waals surface area (Å²) >= 11 is 0. The van der Waals surface area contributed by atoms with Gasteiger partial charge in [-0.1, -0.05) is 13.0 Å². The van der Waals surface area contributed by atoms with Gasteiger partial charge in [-0.2, -0.15) is 0 Å². The van der Waals surface area contributed by atoms with Crippen LogP contribution in [0.1, 0.15) is 29.3 Å². The summed E-state index contributed by atoms with van der Waals surface area (Å²) in [6, 6.07) is 7.29. The van der Waals surface area contributed by atoms with Gasteiger partial charge in [0.05, 0.1) is 5.56 Å². The van der Waals surface area contributed by atoms with Gasteiger partial charge in [-0.25, -0.2) is 9.97 Å². The Balaban J connectivity index is 2.04. The number of nitrogens with one attached hydrogen (secondary N) is 2. The van der Waals surface area contributed by atoms with Crippen molar-refractivity contribution in [2.24, 2.45) is 0 Å². The molecule has 0 radical (unpaired) electrons. The summed E-state index contributed by atoms with van der Waals surface area (Å²) < 4.78 is 0. The number of amides is 1. The largest absolute Gasteiger partial charge is 0.370 e. The van der Waals surface area contributed by atoms with Crippen molar-refractivity contribution in [1.29, 1.82) is 0 Å². The van der Waals surface area contributed by atoms with E-state index in [0.717, 1.165) is 24.3 Å². The van der Waals surface area contributed by atoms with Crippen LogP contribution in [-0.2, 0) is 0 Å². The molecule has 2 rings (SSSR count). The highest BCUT2D eigenvalue weighted by Gasteiger charge is 2.08. The maximum atomic E-state index is 12.1. The summed E-state index contributed by atoms with van der Waals surface area (Å²) in [4.78, 5) is 20.4. The third-order valence-electron chi connectivity index (χ3n) is 2.82. The topological polar surface area (TPSA) is 66.9 Å². The standard InChI is InChI=1S/C15H18N4O/c1-3-8-16-13-7-6-12(10-18-13)15(20)19-14-11(2)5-4-9-17-14/h4-7,9-10H,3,8H2,1-2H3,(H,16,18)(H,17,19,20). The second-order valence-corrected chi connectivity index (χ2v) is 4.48. The lowest BCUT2D eigenvalue weighted by Crippen LogP contribution is -2.14. The van der Waals surface area contributed by atoms with Gasteiger partial charge in [0, 0.05) is 18.9 Å². The molecule has 2 aromatic heterocycles. The van der Waals surface area contributed by atoms with Crippen LogP contribution in [0, 0.1) is 6.92 Å². The molecule has 5 nitrogen and oxygen atoms in total. The Kier molecular flexibility index (Phi) is 4.65. The normalized spacial score (nSPS) is 10.1. The summed E-state index contributed by atoms with van der Waals surface area (Å²) in [7, 11) is 0. The number of carbonyl (C=O) groups is 1. The fourth-order valence-corrected chi connectivity index (χ4v) is 1.68. The molecule has 0 bridgehead atoms. The van der Waals surface area contributed by atoms with Gasteiger partial charge in [-0.05, 0) is 37.1 Å². The first-order chi connectivity index (χ1) is 9.70. The van der Waals surface area contributed by atoms with Crippen molar-refractivity contribution >= 4 is 17.5 Å². The van der Waals surface area contributed by atoms with Crippen LogP contribution in [0.4, 0.5) is 11.6 Å². The second kappa shape index (κ2) is 6.65. The van der Waals surface area contributed by atoms with Crippen LogP contribution in [0.3, 0.4) is 0 Å². The van der Waals surface area contributed by atoms with E-state index in [-0.39, 0.29) is 5.91 Å². The Labute approximate surface area is 118 Å². The molecule has 0 aliphatic heterocycles. The van der Waals surface area contributed by atoms with Crippen LogP contribution >= 0.6 is 0 Å². The first kappa shape index (κ1) is 14.0. The Morgan fingerprint density at radius 1 is 1.25 bits per heavy atom. The van der Waals surface area contributed by atoms with Crippen molar-refractivity contribution < 1.29 is 4.79 Å². The van der Waals surface area contributed by atoms with E-state index in [2.05, 4.69) is 27.5 Å². The van der Waals surface area contributed by atoms with Gasteiger partial charge in [0.15, 0.2) is 0 Å². The number of anilines is 2. The molecule has 0 aromatic carbocycles. The van der Waals surface area contributed by atoms with E-state index in [1.54, 1.807) is 24.5 Å². The maximum absolute atomic E-state index is 12.1. The highest BCUT2D eigenvalue weighted by Crippen LogP contribution is 2.12. The lowest BCUT2D eigenvalue weighted by Gasteiger charge is -2.07. The predicted molar refractivity (Wildman–Crippen MR) is 79.9 cm³/mol. The van der Waals surface area contributed by atoms with Crippen molar-refractivity contribution in [2.75, 3.05) is 17.2 Å². The van der Waals surface area contributed by atoms with Crippen molar-refractivity contribution in [2.45, 2.75) is 20.3 Å². The smallest absolute Gasteiger partial charge is 0.258 e. The van der Waals surface area contributed by atoms with Gasteiger partial charge < -0.3 is 10.6 Å².